The van der Waals surface area contributed by atoms with E-state index in [1.807, 2.05) is 11.4 Å². The van der Waals surface area contributed by atoms with Crippen LogP contribution in [-0.4, -0.2) is 52.4 Å². The van der Waals surface area contributed by atoms with Crippen molar-refractivity contribution in [2.45, 2.75) is 12.6 Å². The first-order valence-electron chi connectivity index (χ1n) is 6.20. The number of nitrogens with zero attached hydrogens (tertiary/aromatic N) is 3. The van der Waals surface area contributed by atoms with E-state index in [9.17, 15) is 5.11 Å². The third-order valence-electron chi connectivity index (χ3n) is 3.31. The molecule has 0 saturated carbocycles. The second-order valence-electron chi connectivity index (χ2n) is 4.55. The fraction of sp³-hybridized carbons (Fsp3) is 0.500. The van der Waals surface area contributed by atoms with Crippen LogP contribution >= 0.6 is 11.3 Å². The third-order valence-corrected chi connectivity index (χ3v) is 4.11. The topological polar surface area (TPSA) is 84.5 Å². The van der Waals surface area contributed by atoms with Crippen molar-refractivity contribution in [1.82, 2.24) is 14.9 Å². The van der Waals surface area contributed by atoms with Gasteiger partial charge in [0.05, 0.1) is 37.8 Å². The average Bonchev–Trinajstić information content (AvgIpc) is 2.88. The largest absolute Gasteiger partial charge is 0.395 e. The number of morpholine rings is 1. The molecule has 1 saturated heterocycles. The summed E-state index contributed by atoms with van der Waals surface area (Å²) in [6.45, 7) is 2.67. The predicted molar refractivity (Wildman–Crippen MR) is 73.9 cm³/mol. The molecule has 3 N–H and O–H groups in total. The predicted octanol–water partition coefficient (Wildman–Crippen LogP) is 0.467. The summed E-state index contributed by atoms with van der Waals surface area (Å²) in [6.07, 6.45) is 0. The highest BCUT2D eigenvalue weighted by Gasteiger charge is 2.23. The zero-order chi connectivity index (χ0) is 13.2. The molecule has 1 unspecified atom stereocenters. The van der Waals surface area contributed by atoms with Crippen LogP contribution in [0.5, 0.6) is 0 Å². The van der Waals surface area contributed by atoms with E-state index in [0.29, 0.717) is 31.4 Å². The fourth-order valence-corrected chi connectivity index (χ4v) is 3.03. The van der Waals surface area contributed by atoms with Crippen molar-refractivity contribution in [3.8, 4) is 0 Å². The van der Waals surface area contributed by atoms with Crippen molar-refractivity contribution in [1.29, 1.82) is 0 Å². The lowest BCUT2D eigenvalue weighted by Crippen LogP contribution is -2.47. The second kappa shape index (κ2) is 5.38. The monoisotopic (exact) mass is 280 g/mol. The molecule has 0 spiro atoms. The average molecular weight is 280 g/mol. The van der Waals surface area contributed by atoms with Crippen molar-refractivity contribution in [3.63, 3.8) is 0 Å². The second-order valence-corrected chi connectivity index (χ2v) is 5.44. The van der Waals surface area contributed by atoms with E-state index in [1.54, 1.807) is 11.3 Å². The van der Waals surface area contributed by atoms with E-state index in [4.69, 9.17) is 10.5 Å². The molecule has 0 aliphatic carbocycles. The molecule has 2 aromatic rings. The molecule has 3 rings (SSSR count). The molecule has 0 aromatic carbocycles. The molecule has 1 atom stereocenters. The van der Waals surface area contributed by atoms with Crippen LogP contribution in [0.2, 0.25) is 0 Å². The third kappa shape index (κ3) is 2.55. The first-order valence-corrected chi connectivity index (χ1v) is 7.08. The van der Waals surface area contributed by atoms with Crippen molar-refractivity contribution in [2.75, 3.05) is 32.1 Å². The summed E-state index contributed by atoms with van der Waals surface area (Å²) < 4.78 is 5.36. The van der Waals surface area contributed by atoms with Crippen LogP contribution in [0.4, 0.5) is 5.82 Å². The van der Waals surface area contributed by atoms with Gasteiger partial charge in [-0.2, -0.15) is 0 Å². The van der Waals surface area contributed by atoms with Crippen molar-refractivity contribution < 1.29 is 9.84 Å². The van der Waals surface area contributed by atoms with Crippen LogP contribution in [0.1, 0.15) is 5.82 Å². The highest BCUT2D eigenvalue weighted by Crippen LogP contribution is 2.23. The summed E-state index contributed by atoms with van der Waals surface area (Å²) in [5, 5.41) is 12.2. The van der Waals surface area contributed by atoms with E-state index in [-0.39, 0.29) is 12.6 Å². The Morgan fingerprint density at radius 3 is 3.26 bits per heavy atom. The van der Waals surface area contributed by atoms with Crippen LogP contribution in [0.3, 0.4) is 0 Å². The number of aliphatic hydroxyl groups excluding tert-OH is 1. The van der Waals surface area contributed by atoms with Crippen LogP contribution in [0, 0.1) is 0 Å². The molecule has 0 amide bonds. The maximum Gasteiger partial charge on any atom is 0.146 e. The highest BCUT2D eigenvalue weighted by atomic mass is 32.1. The number of hydrogen-bond acceptors (Lipinski definition) is 7. The van der Waals surface area contributed by atoms with E-state index in [0.717, 1.165) is 16.8 Å². The van der Waals surface area contributed by atoms with Crippen LogP contribution in [0.25, 0.3) is 10.2 Å². The molecule has 0 radical (unpaired) electrons. The minimum Gasteiger partial charge on any atom is -0.395 e. The Labute approximate surface area is 114 Å². The highest BCUT2D eigenvalue weighted by molar-refractivity contribution is 7.16. The number of rotatable bonds is 3. The fourth-order valence-electron chi connectivity index (χ4n) is 2.24. The van der Waals surface area contributed by atoms with E-state index >= 15 is 0 Å². The number of hydrogen-bond donors (Lipinski definition) is 2. The molecule has 102 valence electrons. The Balaban J connectivity index is 1.83. The molecular formula is C12H16N4O2S. The number of anilines is 1. The number of nitrogen functional groups attached to an aromatic ring is 1. The van der Waals surface area contributed by atoms with Gasteiger partial charge in [0, 0.05) is 6.54 Å². The van der Waals surface area contributed by atoms with Gasteiger partial charge in [-0.25, -0.2) is 9.97 Å². The number of aromatic nitrogens is 2. The number of fused-ring (bicyclic) bond motifs is 1. The van der Waals surface area contributed by atoms with Gasteiger partial charge in [0.15, 0.2) is 0 Å². The Bertz CT molecular complexity index is 574. The summed E-state index contributed by atoms with van der Waals surface area (Å²) in [5.41, 5.74) is 5.94. The Kier molecular flexibility index (Phi) is 3.61. The standard InChI is InChI=1S/C12H16N4O2S/c13-11-9-1-4-19-12(9)15-10(14-11)5-16-2-3-18-7-8(16)6-17/h1,4,8,17H,2-3,5-7H2,(H2,13,14,15). The minimum atomic E-state index is 0.0117. The van der Waals surface area contributed by atoms with Crippen molar-refractivity contribution in [3.05, 3.63) is 17.3 Å². The van der Waals surface area contributed by atoms with Gasteiger partial charge < -0.3 is 15.6 Å². The summed E-state index contributed by atoms with van der Waals surface area (Å²) in [6, 6.07) is 1.95. The van der Waals surface area contributed by atoms with Crippen LogP contribution < -0.4 is 5.73 Å². The zero-order valence-corrected chi connectivity index (χ0v) is 11.3. The minimum absolute atomic E-state index is 0.0117. The molecule has 2 aromatic heterocycles. The zero-order valence-electron chi connectivity index (χ0n) is 10.5. The van der Waals surface area contributed by atoms with Gasteiger partial charge in [-0.3, -0.25) is 4.90 Å². The summed E-state index contributed by atoms with van der Waals surface area (Å²) in [7, 11) is 0. The number of ether oxygens (including phenoxy) is 1. The van der Waals surface area contributed by atoms with Crippen molar-refractivity contribution >= 4 is 27.4 Å². The van der Waals surface area contributed by atoms with Gasteiger partial charge >= 0.3 is 0 Å². The van der Waals surface area contributed by atoms with E-state index in [1.165, 1.54) is 0 Å². The number of thiophene rings is 1. The lowest BCUT2D eigenvalue weighted by Gasteiger charge is -2.33. The summed E-state index contributed by atoms with van der Waals surface area (Å²) in [5.74, 6) is 1.22. The molecule has 1 aliphatic rings. The van der Waals surface area contributed by atoms with Gasteiger partial charge in [0.2, 0.25) is 0 Å². The molecule has 1 aliphatic heterocycles. The Hall–Kier alpha value is -1.28. The van der Waals surface area contributed by atoms with E-state index < -0.39 is 0 Å². The first-order chi connectivity index (χ1) is 9.28. The molecular weight excluding hydrogens is 264 g/mol. The molecule has 19 heavy (non-hydrogen) atoms. The molecule has 1 fully saturated rings. The first kappa shape index (κ1) is 12.7. The van der Waals surface area contributed by atoms with Gasteiger partial charge in [-0.1, -0.05) is 0 Å². The van der Waals surface area contributed by atoms with Crippen LogP contribution in [0.15, 0.2) is 11.4 Å². The number of nitrogens with two attached hydrogens (primary N) is 1. The number of aliphatic hydroxyl groups is 1. The maximum atomic E-state index is 9.35. The lowest BCUT2D eigenvalue weighted by molar-refractivity contribution is -0.0322. The molecule has 0 bridgehead atoms. The lowest BCUT2D eigenvalue weighted by atomic mass is 10.2. The SMILES string of the molecule is Nc1nc(CN2CCOCC2CO)nc2sccc12. The maximum absolute atomic E-state index is 9.35. The normalized spacial score (nSPS) is 21.0. The van der Waals surface area contributed by atoms with Gasteiger partial charge in [-0.05, 0) is 11.4 Å². The smallest absolute Gasteiger partial charge is 0.146 e. The van der Waals surface area contributed by atoms with Gasteiger partial charge in [0.25, 0.3) is 0 Å². The summed E-state index contributed by atoms with van der Waals surface area (Å²) in [4.78, 5) is 11.9. The van der Waals surface area contributed by atoms with Gasteiger partial charge in [0.1, 0.15) is 16.5 Å². The summed E-state index contributed by atoms with van der Waals surface area (Å²) >= 11 is 1.56. The molecule has 6 nitrogen and oxygen atoms in total. The Morgan fingerprint density at radius 1 is 1.53 bits per heavy atom. The van der Waals surface area contributed by atoms with Crippen LogP contribution in [-0.2, 0) is 11.3 Å². The molecule has 7 heteroatoms. The molecule has 3 heterocycles. The van der Waals surface area contributed by atoms with Gasteiger partial charge in [-0.15, -0.1) is 11.3 Å². The van der Waals surface area contributed by atoms with E-state index in [2.05, 4.69) is 14.9 Å². The quantitative estimate of drug-likeness (QED) is 0.850. The Morgan fingerprint density at radius 2 is 2.42 bits per heavy atom. The van der Waals surface area contributed by atoms with Crippen molar-refractivity contribution in [2.24, 2.45) is 0 Å².